The molecule has 0 unspecified atom stereocenters. The molecule has 2 aromatic rings. The Balaban J connectivity index is 1.30. The van der Waals surface area contributed by atoms with Crippen LogP contribution in [0.5, 0.6) is 0 Å². The summed E-state index contributed by atoms with van der Waals surface area (Å²) in [6.45, 7) is 1.49. The van der Waals surface area contributed by atoms with Crippen molar-refractivity contribution in [3.63, 3.8) is 0 Å². The van der Waals surface area contributed by atoms with Crippen molar-refractivity contribution in [3.05, 3.63) is 77.9 Å². The molecule has 6 nitrogen and oxygen atoms in total. The minimum Gasteiger partial charge on any atom is -0.324 e. The highest BCUT2D eigenvalue weighted by Crippen LogP contribution is 2.65. The highest BCUT2D eigenvalue weighted by Gasteiger charge is 2.67. The maximum atomic E-state index is 13.7. The van der Waals surface area contributed by atoms with Gasteiger partial charge in [-0.1, -0.05) is 42.5 Å². The molecular formula is C28H26N2O4. The zero-order valence-corrected chi connectivity index (χ0v) is 18.9. The zero-order chi connectivity index (χ0) is 23.6. The summed E-state index contributed by atoms with van der Waals surface area (Å²) in [6.07, 6.45) is 5.62. The van der Waals surface area contributed by atoms with Crippen LogP contribution in [0.1, 0.15) is 29.3 Å². The number of allylic oxidation sites excluding steroid dienone is 2. The third kappa shape index (κ3) is 3.23. The summed E-state index contributed by atoms with van der Waals surface area (Å²) in [5.74, 6) is -0.308. The number of ketones is 1. The summed E-state index contributed by atoms with van der Waals surface area (Å²) >= 11 is 0. The highest BCUT2D eigenvalue weighted by atomic mass is 16.2. The van der Waals surface area contributed by atoms with Gasteiger partial charge in [-0.15, -0.1) is 0 Å². The smallest absolute Gasteiger partial charge is 0.248 e. The van der Waals surface area contributed by atoms with E-state index in [4.69, 9.17) is 0 Å². The molecule has 1 aliphatic heterocycles. The van der Waals surface area contributed by atoms with E-state index < -0.39 is 11.9 Å². The first-order chi connectivity index (χ1) is 16.4. The average molecular weight is 455 g/mol. The van der Waals surface area contributed by atoms with E-state index in [0.717, 1.165) is 12.0 Å². The molecule has 7 rings (SSSR count). The van der Waals surface area contributed by atoms with Crippen LogP contribution in [-0.4, -0.2) is 34.4 Å². The van der Waals surface area contributed by atoms with Gasteiger partial charge in [0, 0.05) is 17.7 Å². The first-order valence-corrected chi connectivity index (χ1v) is 11.9. The normalized spacial score (nSPS) is 31.1. The molecule has 34 heavy (non-hydrogen) atoms. The van der Waals surface area contributed by atoms with Crippen LogP contribution in [0.4, 0.5) is 5.69 Å². The minimum atomic E-state index is -0.934. The van der Waals surface area contributed by atoms with Gasteiger partial charge in [-0.05, 0) is 66.8 Å². The largest absolute Gasteiger partial charge is 0.324 e. The second-order valence-electron chi connectivity index (χ2n) is 10.0. The molecule has 5 aliphatic rings. The molecule has 1 N–H and O–H groups in total. The van der Waals surface area contributed by atoms with E-state index >= 15 is 0 Å². The fraction of sp³-hybridized carbons (Fsp3) is 0.357. The number of hydrogen-bond donors (Lipinski definition) is 1. The molecule has 0 aromatic heterocycles. The van der Waals surface area contributed by atoms with Crippen molar-refractivity contribution in [2.45, 2.75) is 25.8 Å². The number of carbonyl (C=O) groups excluding carboxylic acids is 4. The lowest BCUT2D eigenvalue weighted by Crippen LogP contribution is -2.49. The molecule has 2 bridgehead atoms. The van der Waals surface area contributed by atoms with Gasteiger partial charge in [0.2, 0.25) is 17.7 Å². The van der Waals surface area contributed by atoms with Crippen molar-refractivity contribution in [2.75, 3.05) is 5.32 Å². The lowest BCUT2D eigenvalue weighted by Gasteiger charge is -2.37. The maximum Gasteiger partial charge on any atom is 0.248 e. The van der Waals surface area contributed by atoms with Crippen LogP contribution in [0, 0.1) is 35.5 Å². The highest BCUT2D eigenvalue weighted by molar-refractivity contribution is 6.11. The molecule has 3 amide bonds. The number of carbonyl (C=O) groups is 4. The third-order valence-corrected chi connectivity index (χ3v) is 8.14. The summed E-state index contributed by atoms with van der Waals surface area (Å²) in [4.78, 5) is 53.7. The van der Waals surface area contributed by atoms with Gasteiger partial charge < -0.3 is 5.32 Å². The van der Waals surface area contributed by atoms with Gasteiger partial charge in [-0.2, -0.15) is 0 Å². The van der Waals surface area contributed by atoms with Crippen LogP contribution in [0.15, 0.2) is 66.7 Å². The molecule has 6 heteroatoms. The maximum absolute atomic E-state index is 13.7. The standard InChI is InChI=1S/C28H26N2O4/c1-15(31)17-7-9-18(10-8-17)29-26(32)23(13-16-5-3-2-4-6-16)30-27(33)24-19-11-12-20(22-14-21(19)22)25(24)28(30)34/h2-12,19-25H,13-14H2,1H3,(H,29,32)/t19-,20-,21-,22-,23-,24-,25+/m0/s1. The number of Topliss-reactive ketones (excluding diaryl/α,β-unsaturated/α-hetero) is 1. The second kappa shape index (κ2) is 7.76. The first kappa shape index (κ1) is 21.0. The number of benzene rings is 2. The van der Waals surface area contributed by atoms with Crippen molar-refractivity contribution in [2.24, 2.45) is 35.5 Å². The molecule has 7 atom stereocenters. The van der Waals surface area contributed by atoms with Crippen molar-refractivity contribution >= 4 is 29.2 Å². The lowest BCUT2D eigenvalue weighted by atomic mass is 9.63. The Kier molecular flexibility index (Phi) is 4.80. The van der Waals surface area contributed by atoms with Gasteiger partial charge in [0.05, 0.1) is 11.8 Å². The molecule has 2 aromatic carbocycles. The molecule has 1 saturated heterocycles. The SMILES string of the molecule is CC(=O)c1ccc(NC(=O)[C@H](Cc2ccccc2)N2C(=O)[C@@H]3[C@H]4C=C[C@@H]([C@@H]5C[C@@H]45)[C@@H]3C2=O)cc1. The van der Waals surface area contributed by atoms with Gasteiger partial charge in [0.25, 0.3) is 0 Å². The minimum absolute atomic E-state index is 0.0583. The summed E-state index contributed by atoms with van der Waals surface area (Å²) in [7, 11) is 0. The lowest BCUT2D eigenvalue weighted by molar-refractivity contribution is -0.146. The molecule has 0 radical (unpaired) electrons. The van der Waals surface area contributed by atoms with Crippen molar-refractivity contribution < 1.29 is 19.2 Å². The molecular weight excluding hydrogens is 428 g/mol. The van der Waals surface area contributed by atoms with E-state index in [1.807, 2.05) is 30.3 Å². The predicted octanol–water partition coefficient (Wildman–Crippen LogP) is 3.49. The van der Waals surface area contributed by atoms with Crippen LogP contribution in [0.2, 0.25) is 0 Å². The Morgan fingerprint density at radius 2 is 1.50 bits per heavy atom. The average Bonchev–Trinajstić information content (AvgIpc) is 3.62. The summed E-state index contributed by atoms with van der Waals surface area (Å²) in [6, 6.07) is 15.2. The fourth-order valence-corrected chi connectivity index (χ4v) is 6.44. The number of rotatable bonds is 6. The van der Waals surface area contributed by atoms with Gasteiger partial charge in [0.1, 0.15) is 6.04 Å². The quantitative estimate of drug-likeness (QED) is 0.411. The Labute approximate surface area is 198 Å². The van der Waals surface area contributed by atoms with Crippen LogP contribution in [-0.2, 0) is 20.8 Å². The fourth-order valence-electron chi connectivity index (χ4n) is 6.44. The molecule has 3 fully saturated rings. The number of hydrogen-bond acceptors (Lipinski definition) is 4. The van der Waals surface area contributed by atoms with E-state index in [0.29, 0.717) is 23.1 Å². The van der Waals surface area contributed by atoms with Gasteiger partial charge >= 0.3 is 0 Å². The Bertz CT molecular complexity index is 1180. The number of nitrogens with one attached hydrogen (secondary N) is 1. The van der Waals surface area contributed by atoms with Crippen molar-refractivity contribution in [1.82, 2.24) is 4.90 Å². The topological polar surface area (TPSA) is 83.6 Å². The molecule has 0 spiro atoms. The Hall–Kier alpha value is -3.54. The monoisotopic (exact) mass is 454 g/mol. The number of anilines is 1. The summed E-state index contributed by atoms with van der Waals surface area (Å²) < 4.78 is 0. The predicted molar refractivity (Wildman–Crippen MR) is 126 cm³/mol. The second-order valence-corrected chi connectivity index (χ2v) is 10.0. The van der Waals surface area contributed by atoms with E-state index in [9.17, 15) is 19.2 Å². The van der Waals surface area contributed by atoms with Crippen molar-refractivity contribution in [3.8, 4) is 0 Å². The van der Waals surface area contributed by atoms with E-state index in [1.165, 1.54) is 11.8 Å². The van der Waals surface area contributed by atoms with E-state index in [2.05, 4.69) is 17.5 Å². The van der Waals surface area contributed by atoms with Gasteiger partial charge in [-0.25, -0.2) is 0 Å². The molecule has 1 heterocycles. The zero-order valence-electron chi connectivity index (χ0n) is 18.9. The number of amides is 3. The van der Waals surface area contributed by atoms with Gasteiger partial charge in [-0.3, -0.25) is 24.1 Å². The van der Waals surface area contributed by atoms with Crippen LogP contribution >= 0.6 is 0 Å². The van der Waals surface area contributed by atoms with Crippen LogP contribution in [0.3, 0.4) is 0 Å². The molecule has 4 aliphatic carbocycles. The van der Waals surface area contributed by atoms with Crippen molar-refractivity contribution in [1.29, 1.82) is 0 Å². The first-order valence-electron chi connectivity index (χ1n) is 11.9. The van der Waals surface area contributed by atoms with E-state index in [1.54, 1.807) is 24.3 Å². The number of likely N-dealkylation sites (tertiary alicyclic amines) is 1. The molecule has 2 saturated carbocycles. The Morgan fingerprint density at radius 1 is 0.912 bits per heavy atom. The van der Waals surface area contributed by atoms with Crippen LogP contribution in [0.25, 0.3) is 0 Å². The summed E-state index contributed by atoms with van der Waals surface area (Å²) in [5.41, 5.74) is 1.95. The van der Waals surface area contributed by atoms with Crippen LogP contribution < -0.4 is 5.32 Å². The Morgan fingerprint density at radius 3 is 2.06 bits per heavy atom. The number of nitrogens with zero attached hydrogens (tertiary/aromatic N) is 1. The van der Waals surface area contributed by atoms with E-state index in [-0.39, 0.29) is 47.7 Å². The third-order valence-electron chi connectivity index (χ3n) is 8.14. The summed E-state index contributed by atoms with van der Waals surface area (Å²) in [5, 5.41) is 2.87. The van der Waals surface area contributed by atoms with Gasteiger partial charge in [0.15, 0.2) is 5.78 Å². The number of imide groups is 1. The molecule has 172 valence electrons.